The van der Waals surface area contributed by atoms with Gasteiger partial charge in [0.1, 0.15) is 5.69 Å². The molecule has 1 heterocycles. The first-order valence-electron chi connectivity index (χ1n) is 6.12. The van der Waals surface area contributed by atoms with Crippen molar-refractivity contribution >= 4 is 5.78 Å². The summed E-state index contributed by atoms with van der Waals surface area (Å²) in [6.45, 7) is 4.20. The Bertz CT molecular complexity index is 387. The van der Waals surface area contributed by atoms with E-state index < -0.39 is 0 Å². The Hall–Kier alpha value is -1.12. The molecule has 0 saturated heterocycles. The van der Waals surface area contributed by atoms with E-state index in [9.17, 15) is 4.79 Å². The Morgan fingerprint density at radius 2 is 2.00 bits per heavy atom. The number of hydrogen-bond acceptors (Lipinski definition) is 2. The van der Waals surface area contributed by atoms with Crippen LogP contribution in [-0.4, -0.2) is 15.6 Å². The van der Waals surface area contributed by atoms with Crippen molar-refractivity contribution in [2.75, 3.05) is 0 Å². The van der Waals surface area contributed by atoms with Gasteiger partial charge in [-0.1, -0.05) is 19.8 Å². The van der Waals surface area contributed by atoms with Crippen molar-refractivity contribution < 1.29 is 4.79 Å². The standard InChI is InChI=1S/C13H20N2O/c1-9-4-6-11(7-5-9)13(16)12-8-10(2)14-15(12)3/h8-9,11H,4-7H2,1-3H3. The van der Waals surface area contributed by atoms with Crippen molar-refractivity contribution in [3.05, 3.63) is 17.5 Å². The van der Waals surface area contributed by atoms with Gasteiger partial charge in [0.2, 0.25) is 0 Å². The fourth-order valence-corrected chi connectivity index (χ4v) is 2.57. The van der Waals surface area contributed by atoms with Crippen molar-refractivity contribution in [1.82, 2.24) is 9.78 Å². The van der Waals surface area contributed by atoms with Crippen molar-refractivity contribution in [2.24, 2.45) is 18.9 Å². The Kier molecular flexibility index (Phi) is 3.13. The third kappa shape index (κ3) is 2.18. The molecule has 0 unspecified atom stereocenters. The predicted octanol–water partition coefficient (Wildman–Crippen LogP) is 2.74. The van der Waals surface area contributed by atoms with E-state index in [0.717, 1.165) is 30.1 Å². The maximum Gasteiger partial charge on any atom is 0.183 e. The zero-order chi connectivity index (χ0) is 11.7. The van der Waals surface area contributed by atoms with E-state index in [1.807, 2.05) is 20.0 Å². The minimum atomic E-state index is 0.228. The summed E-state index contributed by atoms with van der Waals surface area (Å²) in [6, 6.07) is 1.90. The van der Waals surface area contributed by atoms with Crippen LogP contribution >= 0.6 is 0 Å². The summed E-state index contributed by atoms with van der Waals surface area (Å²) in [5.41, 5.74) is 1.70. The third-order valence-electron chi connectivity index (χ3n) is 3.64. The van der Waals surface area contributed by atoms with Gasteiger partial charge in [-0.2, -0.15) is 5.10 Å². The summed E-state index contributed by atoms with van der Waals surface area (Å²) in [5, 5.41) is 4.24. The fraction of sp³-hybridized carbons (Fsp3) is 0.692. The SMILES string of the molecule is Cc1cc(C(=O)C2CCC(C)CC2)n(C)n1. The number of nitrogens with zero attached hydrogens (tertiary/aromatic N) is 2. The summed E-state index contributed by atoms with van der Waals surface area (Å²) in [7, 11) is 1.85. The van der Waals surface area contributed by atoms with Crippen LogP contribution in [-0.2, 0) is 7.05 Å². The monoisotopic (exact) mass is 220 g/mol. The molecule has 0 radical (unpaired) electrons. The second-order valence-electron chi connectivity index (χ2n) is 5.12. The first kappa shape index (κ1) is 11.4. The maximum absolute atomic E-state index is 12.3. The normalized spacial score (nSPS) is 25.7. The second-order valence-corrected chi connectivity index (χ2v) is 5.12. The molecule has 88 valence electrons. The summed E-state index contributed by atoms with van der Waals surface area (Å²) in [4.78, 5) is 12.3. The van der Waals surface area contributed by atoms with E-state index in [-0.39, 0.29) is 11.7 Å². The number of carbonyl (C=O) groups excluding carboxylic acids is 1. The highest BCUT2D eigenvalue weighted by Gasteiger charge is 2.26. The van der Waals surface area contributed by atoms with E-state index in [2.05, 4.69) is 12.0 Å². The van der Waals surface area contributed by atoms with Crippen molar-refractivity contribution in [1.29, 1.82) is 0 Å². The number of aromatic nitrogens is 2. The van der Waals surface area contributed by atoms with Crippen LogP contribution in [0.15, 0.2) is 6.07 Å². The van der Waals surface area contributed by atoms with E-state index in [4.69, 9.17) is 0 Å². The van der Waals surface area contributed by atoms with Gasteiger partial charge in [-0.25, -0.2) is 0 Å². The quantitative estimate of drug-likeness (QED) is 0.718. The minimum Gasteiger partial charge on any atom is -0.292 e. The highest BCUT2D eigenvalue weighted by molar-refractivity contribution is 5.96. The van der Waals surface area contributed by atoms with Gasteiger partial charge in [-0.05, 0) is 31.7 Å². The smallest absolute Gasteiger partial charge is 0.183 e. The Balaban J connectivity index is 2.10. The molecule has 1 saturated carbocycles. The van der Waals surface area contributed by atoms with Gasteiger partial charge >= 0.3 is 0 Å². The highest BCUT2D eigenvalue weighted by Crippen LogP contribution is 2.30. The minimum absolute atomic E-state index is 0.228. The maximum atomic E-state index is 12.3. The number of hydrogen-bond donors (Lipinski definition) is 0. The molecule has 1 aliphatic rings. The van der Waals surface area contributed by atoms with E-state index in [1.165, 1.54) is 12.8 Å². The zero-order valence-corrected chi connectivity index (χ0v) is 10.4. The number of rotatable bonds is 2. The van der Waals surface area contributed by atoms with Crippen LogP contribution in [0.1, 0.15) is 48.8 Å². The molecular formula is C13H20N2O. The highest BCUT2D eigenvalue weighted by atomic mass is 16.1. The molecule has 0 N–H and O–H groups in total. The van der Waals surface area contributed by atoms with Crippen LogP contribution in [0.3, 0.4) is 0 Å². The largest absolute Gasteiger partial charge is 0.292 e. The number of carbonyl (C=O) groups is 1. The summed E-state index contributed by atoms with van der Waals surface area (Å²) in [5.74, 6) is 1.30. The molecule has 3 nitrogen and oxygen atoms in total. The Labute approximate surface area is 96.8 Å². The number of ketones is 1. The van der Waals surface area contributed by atoms with Crippen LogP contribution < -0.4 is 0 Å². The topological polar surface area (TPSA) is 34.9 Å². The number of Topliss-reactive ketones (excluding diaryl/α,β-unsaturated/α-hetero) is 1. The second kappa shape index (κ2) is 4.40. The average molecular weight is 220 g/mol. The van der Waals surface area contributed by atoms with Gasteiger partial charge in [0.05, 0.1) is 5.69 Å². The number of aryl methyl sites for hydroxylation is 2. The summed E-state index contributed by atoms with van der Waals surface area (Å²) < 4.78 is 1.72. The molecule has 16 heavy (non-hydrogen) atoms. The van der Waals surface area contributed by atoms with Gasteiger partial charge in [-0.15, -0.1) is 0 Å². The molecule has 2 rings (SSSR count). The average Bonchev–Trinajstić information content (AvgIpc) is 2.58. The van der Waals surface area contributed by atoms with Crippen molar-refractivity contribution in [3.63, 3.8) is 0 Å². The molecule has 0 atom stereocenters. The molecule has 0 aromatic carbocycles. The van der Waals surface area contributed by atoms with Gasteiger partial charge in [0.15, 0.2) is 5.78 Å². The zero-order valence-electron chi connectivity index (χ0n) is 10.4. The van der Waals surface area contributed by atoms with E-state index >= 15 is 0 Å². The molecule has 0 spiro atoms. The molecule has 1 aromatic rings. The first-order chi connectivity index (χ1) is 7.58. The Morgan fingerprint density at radius 1 is 1.38 bits per heavy atom. The summed E-state index contributed by atoms with van der Waals surface area (Å²) >= 11 is 0. The molecule has 0 bridgehead atoms. The van der Waals surface area contributed by atoms with Gasteiger partial charge in [0.25, 0.3) is 0 Å². The van der Waals surface area contributed by atoms with Crippen molar-refractivity contribution in [2.45, 2.75) is 39.5 Å². The predicted molar refractivity (Wildman–Crippen MR) is 63.4 cm³/mol. The van der Waals surface area contributed by atoms with Crippen LogP contribution in [0.2, 0.25) is 0 Å². The molecule has 3 heteroatoms. The van der Waals surface area contributed by atoms with Gasteiger partial charge in [0, 0.05) is 13.0 Å². The lowest BCUT2D eigenvalue weighted by atomic mass is 9.80. The van der Waals surface area contributed by atoms with E-state index in [0.29, 0.717) is 0 Å². The molecule has 1 aliphatic carbocycles. The first-order valence-corrected chi connectivity index (χ1v) is 6.12. The molecule has 0 amide bonds. The van der Waals surface area contributed by atoms with Gasteiger partial charge in [-0.3, -0.25) is 9.48 Å². The van der Waals surface area contributed by atoms with Crippen LogP contribution in [0.25, 0.3) is 0 Å². The van der Waals surface area contributed by atoms with Crippen LogP contribution in [0, 0.1) is 18.8 Å². The van der Waals surface area contributed by atoms with Crippen molar-refractivity contribution in [3.8, 4) is 0 Å². The van der Waals surface area contributed by atoms with E-state index in [1.54, 1.807) is 4.68 Å². The molecular weight excluding hydrogens is 200 g/mol. The molecule has 1 fully saturated rings. The lowest BCUT2D eigenvalue weighted by molar-refractivity contribution is 0.0866. The van der Waals surface area contributed by atoms with Gasteiger partial charge < -0.3 is 0 Å². The molecule has 1 aromatic heterocycles. The fourth-order valence-electron chi connectivity index (χ4n) is 2.57. The summed E-state index contributed by atoms with van der Waals surface area (Å²) in [6.07, 6.45) is 4.47. The van der Waals surface area contributed by atoms with Crippen LogP contribution in [0.4, 0.5) is 0 Å². The molecule has 0 aliphatic heterocycles. The lowest BCUT2D eigenvalue weighted by Gasteiger charge is -2.24. The third-order valence-corrected chi connectivity index (χ3v) is 3.64. The lowest BCUT2D eigenvalue weighted by Crippen LogP contribution is -2.22. The van der Waals surface area contributed by atoms with Crippen LogP contribution in [0.5, 0.6) is 0 Å². The Morgan fingerprint density at radius 3 is 2.50 bits per heavy atom.